The van der Waals surface area contributed by atoms with Crippen molar-refractivity contribution in [2.75, 3.05) is 22.5 Å². The molecule has 6 heteroatoms. The largest absolute Gasteiger partial charge is 0.368 e. The third-order valence-electron chi connectivity index (χ3n) is 2.99. The summed E-state index contributed by atoms with van der Waals surface area (Å²) in [6, 6.07) is 7.60. The van der Waals surface area contributed by atoms with Gasteiger partial charge in [0.15, 0.2) is 0 Å². The van der Waals surface area contributed by atoms with Crippen molar-refractivity contribution in [3.8, 4) is 0 Å². The van der Waals surface area contributed by atoms with Gasteiger partial charge in [0.2, 0.25) is 11.9 Å². The number of nitrogens with one attached hydrogen (secondary N) is 1. The van der Waals surface area contributed by atoms with E-state index in [1.54, 1.807) is 6.20 Å². The van der Waals surface area contributed by atoms with Crippen molar-refractivity contribution in [1.82, 2.24) is 9.97 Å². The van der Waals surface area contributed by atoms with Gasteiger partial charge in [-0.3, -0.25) is 4.79 Å². The van der Waals surface area contributed by atoms with E-state index in [0.29, 0.717) is 5.82 Å². The highest BCUT2D eigenvalue weighted by atomic mass is 16.2. The Morgan fingerprint density at radius 3 is 3.00 bits per heavy atom. The number of carbonyl (C=O) groups is 1. The van der Waals surface area contributed by atoms with Crippen molar-refractivity contribution >= 4 is 29.0 Å². The van der Waals surface area contributed by atoms with Crippen LogP contribution < -0.4 is 16.0 Å². The molecule has 1 aliphatic heterocycles. The van der Waals surface area contributed by atoms with Crippen LogP contribution in [-0.2, 0) is 4.79 Å². The lowest BCUT2D eigenvalue weighted by Gasteiger charge is -2.30. The number of aromatic nitrogens is 2. The van der Waals surface area contributed by atoms with Crippen LogP contribution in [0.4, 0.5) is 23.1 Å². The smallest absolute Gasteiger partial charge is 0.244 e. The number of para-hydroxylation sites is 2. The number of hydrogen-bond donors (Lipinski definition) is 2. The second kappa shape index (κ2) is 4.24. The number of nitrogens with two attached hydrogens (primary N) is 1. The van der Waals surface area contributed by atoms with Crippen molar-refractivity contribution in [3.63, 3.8) is 0 Å². The van der Waals surface area contributed by atoms with Gasteiger partial charge in [-0.05, 0) is 19.1 Å². The lowest BCUT2D eigenvalue weighted by molar-refractivity contribution is -0.115. The number of hydrogen-bond acceptors (Lipinski definition) is 5. The fourth-order valence-electron chi connectivity index (χ4n) is 2.14. The van der Waals surface area contributed by atoms with E-state index in [9.17, 15) is 4.79 Å². The monoisotopic (exact) mass is 255 g/mol. The summed E-state index contributed by atoms with van der Waals surface area (Å²) in [6.07, 6.45) is 1.66. The van der Waals surface area contributed by atoms with Gasteiger partial charge >= 0.3 is 0 Å². The molecule has 1 amide bonds. The lowest BCUT2D eigenvalue weighted by atomic mass is 10.1. The molecule has 1 aromatic heterocycles. The number of nitrogen functional groups attached to an aromatic ring is 1. The van der Waals surface area contributed by atoms with E-state index >= 15 is 0 Å². The van der Waals surface area contributed by atoms with Gasteiger partial charge < -0.3 is 16.0 Å². The van der Waals surface area contributed by atoms with E-state index in [1.165, 1.54) is 0 Å². The number of benzene rings is 1. The van der Waals surface area contributed by atoms with Gasteiger partial charge in [-0.15, -0.1) is 0 Å². The Kier molecular flexibility index (Phi) is 2.56. The number of anilines is 4. The van der Waals surface area contributed by atoms with Crippen LogP contribution in [0.3, 0.4) is 0 Å². The molecule has 0 aliphatic carbocycles. The Morgan fingerprint density at radius 1 is 1.37 bits per heavy atom. The van der Waals surface area contributed by atoms with Crippen LogP contribution in [0.15, 0.2) is 30.5 Å². The molecular weight excluding hydrogens is 242 g/mol. The lowest BCUT2D eigenvalue weighted by Crippen LogP contribution is -2.36. The van der Waals surface area contributed by atoms with Crippen molar-refractivity contribution in [2.24, 2.45) is 0 Å². The fourth-order valence-corrected chi connectivity index (χ4v) is 2.14. The first kappa shape index (κ1) is 11.5. The number of nitrogens with zero attached hydrogens (tertiary/aromatic N) is 3. The summed E-state index contributed by atoms with van der Waals surface area (Å²) >= 11 is 0. The average Bonchev–Trinajstić information content (AvgIpc) is 2.40. The molecule has 0 saturated heterocycles. The minimum absolute atomic E-state index is 0.0738. The van der Waals surface area contributed by atoms with E-state index in [-0.39, 0.29) is 18.4 Å². The van der Waals surface area contributed by atoms with E-state index in [0.717, 1.165) is 16.9 Å². The zero-order valence-corrected chi connectivity index (χ0v) is 10.4. The Morgan fingerprint density at radius 2 is 2.16 bits per heavy atom. The number of rotatable bonds is 1. The molecule has 1 aliphatic rings. The summed E-state index contributed by atoms with van der Waals surface area (Å²) in [4.78, 5) is 21.8. The van der Waals surface area contributed by atoms with Gasteiger partial charge in [-0.25, -0.2) is 4.98 Å². The van der Waals surface area contributed by atoms with Gasteiger partial charge in [0.1, 0.15) is 12.4 Å². The fraction of sp³-hybridized carbons (Fsp3) is 0.154. The molecule has 0 radical (unpaired) electrons. The summed E-state index contributed by atoms with van der Waals surface area (Å²) in [7, 11) is 0. The predicted molar refractivity (Wildman–Crippen MR) is 73.3 cm³/mol. The summed E-state index contributed by atoms with van der Waals surface area (Å²) in [6.45, 7) is 2.11. The zero-order valence-electron chi connectivity index (χ0n) is 10.4. The molecule has 2 heterocycles. The first-order valence-corrected chi connectivity index (χ1v) is 5.90. The maximum atomic E-state index is 11.8. The van der Waals surface area contributed by atoms with E-state index in [4.69, 9.17) is 5.73 Å². The number of amides is 1. The Bertz CT molecular complexity index is 655. The molecule has 0 atom stereocenters. The normalized spacial score (nSPS) is 13.9. The Balaban J connectivity index is 2.15. The molecule has 19 heavy (non-hydrogen) atoms. The summed E-state index contributed by atoms with van der Waals surface area (Å²) in [5.41, 5.74) is 8.19. The molecule has 0 unspecified atom stereocenters. The summed E-state index contributed by atoms with van der Waals surface area (Å²) in [5.74, 6) is 0.786. The average molecular weight is 255 g/mol. The molecule has 0 fully saturated rings. The van der Waals surface area contributed by atoms with Gasteiger partial charge in [0.05, 0.1) is 11.4 Å². The highest BCUT2D eigenvalue weighted by molar-refractivity contribution is 6.03. The van der Waals surface area contributed by atoms with E-state index in [2.05, 4.69) is 15.3 Å². The zero-order chi connectivity index (χ0) is 13.4. The second-order valence-corrected chi connectivity index (χ2v) is 4.39. The molecule has 3 rings (SSSR count). The molecule has 96 valence electrons. The van der Waals surface area contributed by atoms with Crippen molar-refractivity contribution < 1.29 is 4.79 Å². The molecule has 2 aromatic rings. The minimum atomic E-state index is -0.0738. The highest BCUT2D eigenvalue weighted by Crippen LogP contribution is 2.35. The molecule has 0 bridgehead atoms. The first-order chi connectivity index (χ1) is 9.15. The number of fused-ring (bicyclic) bond motifs is 1. The van der Waals surface area contributed by atoms with E-state index in [1.807, 2.05) is 36.1 Å². The molecule has 1 aromatic carbocycles. The predicted octanol–water partition coefficient (Wildman–Crippen LogP) is 1.46. The third kappa shape index (κ3) is 1.97. The van der Waals surface area contributed by atoms with Gasteiger partial charge in [-0.2, -0.15) is 4.98 Å². The van der Waals surface area contributed by atoms with Gasteiger partial charge in [0.25, 0.3) is 0 Å². The molecule has 3 N–H and O–H groups in total. The summed E-state index contributed by atoms with van der Waals surface area (Å²) < 4.78 is 0. The van der Waals surface area contributed by atoms with Crippen LogP contribution in [0.2, 0.25) is 0 Å². The van der Waals surface area contributed by atoms with E-state index < -0.39 is 0 Å². The van der Waals surface area contributed by atoms with Gasteiger partial charge in [-0.1, -0.05) is 12.1 Å². The van der Waals surface area contributed by atoms with Crippen molar-refractivity contribution in [3.05, 3.63) is 36.0 Å². The maximum Gasteiger partial charge on any atom is 0.244 e. The number of carbonyl (C=O) groups excluding carboxylic acids is 1. The van der Waals surface area contributed by atoms with Crippen molar-refractivity contribution in [1.29, 1.82) is 0 Å². The topological polar surface area (TPSA) is 84.1 Å². The van der Waals surface area contributed by atoms with Crippen LogP contribution in [0.25, 0.3) is 0 Å². The summed E-state index contributed by atoms with van der Waals surface area (Å²) in [5, 5.41) is 2.84. The van der Waals surface area contributed by atoms with Crippen LogP contribution in [0, 0.1) is 6.92 Å². The number of aryl methyl sites for hydroxylation is 1. The first-order valence-electron chi connectivity index (χ1n) is 5.90. The van der Waals surface area contributed by atoms with Crippen molar-refractivity contribution in [2.45, 2.75) is 6.92 Å². The highest BCUT2D eigenvalue weighted by Gasteiger charge is 2.24. The Hall–Kier alpha value is -2.63. The molecule has 0 spiro atoms. The third-order valence-corrected chi connectivity index (χ3v) is 2.99. The molecule has 6 nitrogen and oxygen atoms in total. The molecular formula is C13H13N5O. The second-order valence-electron chi connectivity index (χ2n) is 4.39. The molecule has 0 saturated carbocycles. The van der Waals surface area contributed by atoms with Crippen LogP contribution in [0.1, 0.15) is 5.56 Å². The van der Waals surface area contributed by atoms with Crippen LogP contribution in [-0.4, -0.2) is 22.4 Å². The minimum Gasteiger partial charge on any atom is -0.368 e. The SMILES string of the molecule is Cc1cnc(N)nc1N1CC(=O)Nc2ccccc21. The van der Waals surface area contributed by atoms with Gasteiger partial charge in [0, 0.05) is 11.8 Å². The maximum absolute atomic E-state index is 11.8. The van der Waals surface area contributed by atoms with Crippen LogP contribution in [0.5, 0.6) is 0 Å². The Labute approximate surface area is 110 Å². The standard InChI is InChI=1S/C13H13N5O/c1-8-6-15-13(14)17-12(8)18-7-11(19)16-9-4-2-3-5-10(9)18/h2-6H,7H2,1H3,(H,16,19)(H2,14,15,17). The quantitative estimate of drug-likeness (QED) is 0.805. The van der Waals surface area contributed by atoms with Crippen LogP contribution >= 0.6 is 0 Å².